The number of anilines is 1. The summed E-state index contributed by atoms with van der Waals surface area (Å²) in [5.41, 5.74) is 6.23. The van der Waals surface area contributed by atoms with Crippen molar-refractivity contribution in [3.63, 3.8) is 0 Å². The van der Waals surface area contributed by atoms with Gasteiger partial charge >= 0.3 is 0 Å². The van der Waals surface area contributed by atoms with Gasteiger partial charge in [-0.05, 0) is 19.1 Å². The molecule has 3 heterocycles. The molecule has 0 aromatic carbocycles. The molecule has 19 heavy (non-hydrogen) atoms. The van der Waals surface area contributed by atoms with E-state index < -0.39 is 11.7 Å². The fourth-order valence-corrected chi connectivity index (χ4v) is 2.62. The summed E-state index contributed by atoms with van der Waals surface area (Å²) in [5, 5.41) is 23.6. The quantitative estimate of drug-likeness (QED) is 0.685. The summed E-state index contributed by atoms with van der Waals surface area (Å²) < 4.78 is 7.40. The number of fused-ring (bicyclic) bond motifs is 1. The van der Waals surface area contributed by atoms with Crippen LogP contribution in [0.3, 0.4) is 0 Å². The Hall–Kier alpha value is -1.70. The Kier molecular flexibility index (Phi) is 2.70. The van der Waals surface area contributed by atoms with Crippen LogP contribution in [0, 0.1) is 0 Å². The van der Waals surface area contributed by atoms with Gasteiger partial charge in [0.1, 0.15) is 17.4 Å². The molecule has 0 amide bonds. The van der Waals surface area contributed by atoms with Crippen LogP contribution in [-0.4, -0.2) is 43.6 Å². The molecular weight excluding hydrogens is 248 g/mol. The Bertz CT molecular complexity index is 614. The maximum Gasteiger partial charge on any atom is 0.151 e. The second kappa shape index (κ2) is 4.16. The molecular formula is C12H16N4O3. The minimum Gasteiger partial charge on any atom is -0.394 e. The van der Waals surface area contributed by atoms with Gasteiger partial charge in [-0.15, -0.1) is 0 Å². The highest BCUT2D eigenvalue weighted by Gasteiger charge is 2.47. The van der Waals surface area contributed by atoms with Gasteiger partial charge in [0.25, 0.3) is 0 Å². The topological polar surface area (TPSA) is 106 Å². The van der Waals surface area contributed by atoms with E-state index in [0.29, 0.717) is 23.4 Å². The first-order valence-electron chi connectivity index (χ1n) is 6.11. The fraction of sp³-hybridized carbons (Fsp3) is 0.500. The first-order valence-corrected chi connectivity index (χ1v) is 6.11. The van der Waals surface area contributed by atoms with E-state index in [-0.39, 0.29) is 12.7 Å². The molecule has 0 unspecified atom stereocenters. The largest absolute Gasteiger partial charge is 0.394 e. The van der Waals surface area contributed by atoms with Gasteiger partial charge in [-0.25, -0.2) is 9.50 Å². The number of hydrogen-bond acceptors (Lipinski definition) is 6. The zero-order valence-electron chi connectivity index (χ0n) is 10.5. The summed E-state index contributed by atoms with van der Waals surface area (Å²) in [7, 11) is 0. The number of nitrogens with two attached hydrogens (primary N) is 1. The molecule has 1 fully saturated rings. The highest BCUT2D eigenvalue weighted by atomic mass is 16.5. The molecule has 1 aliphatic rings. The van der Waals surface area contributed by atoms with Gasteiger partial charge in [-0.3, -0.25) is 0 Å². The van der Waals surface area contributed by atoms with E-state index in [1.807, 2.05) is 6.07 Å². The Labute approximate surface area is 109 Å². The van der Waals surface area contributed by atoms with Crippen LogP contribution in [0.4, 0.5) is 5.82 Å². The number of aliphatic hydroxyl groups excluding tert-OH is 2. The lowest BCUT2D eigenvalue weighted by Crippen LogP contribution is -2.34. The van der Waals surface area contributed by atoms with Crippen LogP contribution in [0.5, 0.6) is 0 Å². The predicted octanol–water partition coefficient (Wildman–Crippen LogP) is -0.331. The Morgan fingerprint density at radius 1 is 1.58 bits per heavy atom. The van der Waals surface area contributed by atoms with Crippen LogP contribution < -0.4 is 5.73 Å². The lowest BCUT2D eigenvalue weighted by molar-refractivity contribution is -0.0887. The van der Waals surface area contributed by atoms with Gasteiger partial charge in [0.15, 0.2) is 5.82 Å². The molecule has 0 spiro atoms. The van der Waals surface area contributed by atoms with Crippen molar-refractivity contribution < 1.29 is 14.9 Å². The number of ether oxygens (including phenoxy) is 1. The second-order valence-corrected chi connectivity index (χ2v) is 4.94. The molecule has 3 rings (SSSR count). The minimum atomic E-state index is -0.916. The lowest BCUT2D eigenvalue weighted by atomic mass is 9.95. The van der Waals surface area contributed by atoms with Crippen molar-refractivity contribution in [1.82, 2.24) is 14.6 Å². The van der Waals surface area contributed by atoms with Crippen LogP contribution >= 0.6 is 0 Å². The van der Waals surface area contributed by atoms with Crippen LogP contribution in [0.1, 0.15) is 19.0 Å². The molecule has 0 radical (unpaired) electrons. The molecule has 2 aromatic heterocycles. The molecule has 0 bridgehead atoms. The summed E-state index contributed by atoms with van der Waals surface area (Å²) in [5.74, 6) is 0.371. The monoisotopic (exact) mass is 264 g/mol. The van der Waals surface area contributed by atoms with Gasteiger partial charge in [-0.2, -0.15) is 5.10 Å². The summed E-state index contributed by atoms with van der Waals surface area (Å²) in [6, 6.07) is 3.60. The predicted molar refractivity (Wildman–Crippen MR) is 67.3 cm³/mol. The van der Waals surface area contributed by atoms with Crippen LogP contribution in [0.15, 0.2) is 18.5 Å². The van der Waals surface area contributed by atoms with E-state index >= 15 is 0 Å². The van der Waals surface area contributed by atoms with Crippen molar-refractivity contribution in [1.29, 1.82) is 0 Å². The average Bonchev–Trinajstić information content (AvgIpc) is 2.94. The third-order valence-corrected chi connectivity index (χ3v) is 3.73. The zero-order valence-corrected chi connectivity index (χ0v) is 10.5. The third-order valence-electron chi connectivity index (χ3n) is 3.73. The van der Waals surface area contributed by atoms with Crippen molar-refractivity contribution in [3.8, 4) is 0 Å². The average molecular weight is 264 g/mol. The zero-order chi connectivity index (χ0) is 13.6. The van der Waals surface area contributed by atoms with Crippen LogP contribution in [0.25, 0.3) is 5.52 Å². The number of rotatable bonds is 2. The number of aromatic nitrogens is 3. The first kappa shape index (κ1) is 12.3. The number of hydrogen-bond donors (Lipinski definition) is 3. The van der Waals surface area contributed by atoms with Crippen molar-refractivity contribution in [3.05, 3.63) is 24.2 Å². The molecule has 4 N–H and O–H groups in total. The third kappa shape index (κ3) is 1.70. The molecule has 3 atom stereocenters. The van der Waals surface area contributed by atoms with Gasteiger partial charge in [-0.1, -0.05) is 0 Å². The van der Waals surface area contributed by atoms with E-state index in [0.717, 1.165) is 0 Å². The first-order chi connectivity index (χ1) is 9.06. The minimum absolute atomic E-state index is 0.118. The smallest absolute Gasteiger partial charge is 0.151 e. The summed E-state index contributed by atoms with van der Waals surface area (Å²) in [4.78, 5) is 3.92. The van der Waals surface area contributed by atoms with E-state index in [1.165, 1.54) is 6.33 Å². The lowest BCUT2D eigenvalue weighted by Gasteiger charge is -2.27. The maximum absolute atomic E-state index is 10.2. The SMILES string of the molecule is C[C@@]1(c2ccc3c(N)ncnn23)O[C@H](CO)C[C@H]1O. The van der Waals surface area contributed by atoms with E-state index in [9.17, 15) is 10.2 Å². The molecule has 0 saturated carbocycles. The van der Waals surface area contributed by atoms with Crippen LogP contribution in [0.2, 0.25) is 0 Å². The fourth-order valence-electron chi connectivity index (χ4n) is 2.62. The highest BCUT2D eigenvalue weighted by Crippen LogP contribution is 2.39. The Morgan fingerprint density at radius 3 is 3.05 bits per heavy atom. The molecule has 7 nitrogen and oxygen atoms in total. The maximum atomic E-state index is 10.2. The van der Waals surface area contributed by atoms with Gasteiger partial charge < -0.3 is 20.7 Å². The molecule has 7 heteroatoms. The van der Waals surface area contributed by atoms with E-state index in [1.54, 1.807) is 17.5 Å². The van der Waals surface area contributed by atoms with Gasteiger partial charge in [0, 0.05) is 6.42 Å². The molecule has 1 saturated heterocycles. The van der Waals surface area contributed by atoms with Gasteiger partial charge in [0.05, 0.1) is 24.5 Å². The van der Waals surface area contributed by atoms with E-state index in [4.69, 9.17) is 10.5 Å². The standard InChI is InChI=1S/C12H16N4O3/c1-12(10(18)4-7(5-17)19-12)9-3-2-8-11(13)14-6-15-16(8)9/h2-3,6-7,10,17-18H,4-5H2,1H3,(H2,13,14,15)/t7-,10+,12-/m0/s1. The van der Waals surface area contributed by atoms with Crippen molar-refractivity contribution in [2.75, 3.05) is 12.3 Å². The molecule has 2 aromatic rings. The summed E-state index contributed by atoms with van der Waals surface area (Å²) in [6.07, 6.45) is 0.671. The summed E-state index contributed by atoms with van der Waals surface area (Å²) in [6.45, 7) is 1.67. The normalized spacial score (nSPS) is 31.1. The summed E-state index contributed by atoms with van der Waals surface area (Å²) >= 11 is 0. The van der Waals surface area contributed by atoms with Crippen LogP contribution in [-0.2, 0) is 10.3 Å². The van der Waals surface area contributed by atoms with Gasteiger partial charge in [0.2, 0.25) is 0 Å². The number of aliphatic hydroxyl groups is 2. The highest BCUT2D eigenvalue weighted by molar-refractivity contribution is 5.65. The number of nitrogen functional groups attached to an aromatic ring is 1. The van der Waals surface area contributed by atoms with Crippen molar-refractivity contribution >= 4 is 11.3 Å². The molecule has 0 aliphatic carbocycles. The number of nitrogens with zero attached hydrogens (tertiary/aromatic N) is 3. The molecule has 102 valence electrons. The Balaban J connectivity index is 2.12. The van der Waals surface area contributed by atoms with Crippen molar-refractivity contribution in [2.24, 2.45) is 0 Å². The van der Waals surface area contributed by atoms with Crippen molar-refractivity contribution in [2.45, 2.75) is 31.2 Å². The van der Waals surface area contributed by atoms with E-state index in [2.05, 4.69) is 10.1 Å². The second-order valence-electron chi connectivity index (χ2n) is 4.94. The molecule has 1 aliphatic heterocycles. The Morgan fingerprint density at radius 2 is 2.37 bits per heavy atom.